The normalized spacial score (nSPS) is 18.3. The van der Waals surface area contributed by atoms with Crippen molar-refractivity contribution in [2.45, 2.75) is 51.7 Å². The number of benzene rings is 1. The van der Waals surface area contributed by atoms with E-state index in [1.165, 1.54) is 12.1 Å². The number of nitrogens with one attached hydrogen (secondary N) is 1. The predicted octanol–water partition coefficient (Wildman–Crippen LogP) is 4.29. The summed E-state index contributed by atoms with van der Waals surface area (Å²) in [4.78, 5) is 12.3. The van der Waals surface area contributed by atoms with Gasteiger partial charge in [-0.2, -0.15) is 13.2 Å². The van der Waals surface area contributed by atoms with E-state index in [1.54, 1.807) is 6.07 Å². The summed E-state index contributed by atoms with van der Waals surface area (Å²) in [5.41, 5.74) is -1.01. The molecule has 0 aromatic heterocycles. The van der Waals surface area contributed by atoms with E-state index >= 15 is 0 Å². The first-order valence-corrected chi connectivity index (χ1v) is 7.26. The summed E-state index contributed by atoms with van der Waals surface area (Å²) in [5, 5.41) is 2.68. The van der Waals surface area contributed by atoms with Crippen LogP contribution >= 0.6 is 0 Å². The van der Waals surface area contributed by atoms with Gasteiger partial charge < -0.3 is 5.32 Å². The molecule has 1 aliphatic rings. The van der Waals surface area contributed by atoms with E-state index in [0.717, 1.165) is 38.2 Å². The van der Waals surface area contributed by atoms with Crippen LogP contribution in [0.3, 0.4) is 0 Å². The highest BCUT2D eigenvalue weighted by Crippen LogP contribution is 2.36. The third-order valence-corrected chi connectivity index (χ3v) is 4.27. The molecule has 0 spiro atoms. The predicted molar refractivity (Wildman–Crippen MR) is 74.5 cm³/mol. The lowest BCUT2D eigenvalue weighted by Crippen LogP contribution is -2.40. The van der Waals surface area contributed by atoms with Crippen molar-refractivity contribution in [3.63, 3.8) is 0 Å². The van der Waals surface area contributed by atoms with Gasteiger partial charge in [0.25, 0.3) is 0 Å². The van der Waals surface area contributed by atoms with E-state index < -0.39 is 17.2 Å². The first-order chi connectivity index (χ1) is 9.83. The van der Waals surface area contributed by atoms with Gasteiger partial charge in [0.2, 0.25) is 5.91 Å². The van der Waals surface area contributed by atoms with Gasteiger partial charge in [-0.15, -0.1) is 0 Å². The van der Waals surface area contributed by atoms with Crippen molar-refractivity contribution in [1.82, 2.24) is 5.32 Å². The summed E-state index contributed by atoms with van der Waals surface area (Å²) in [6.07, 6.45) is 0.349. The number of carbonyl (C=O) groups excluding carboxylic acids is 1. The Labute approximate surface area is 122 Å². The number of amides is 1. The molecule has 1 saturated carbocycles. The molecular formula is C16H20F3NO. The second-order valence-electron chi connectivity index (χ2n) is 5.96. The Morgan fingerprint density at radius 3 is 2.43 bits per heavy atom. The molecule has 116 valence electrons. The summed E-state index contributed by atoms with van der Waals surface area (Å²) in [6, 6.07) is 5.37. The number of hydrogen-bond donors (Lipinski definition) is 1. The van der Waals surface area contributed by atoms with Crippen LogP contribution in [0.15, 0.2) is 24.3 Å². The standard InChI is InChI=1S/C16H20F3NO/c1-15(9-5-2-6-10-15)14(21)20-11-12-7-3-4-8-13(12)16(17,18)19/h3-4,7-8H,2,5-6,9-11H2,1H3,(H,20,21). The Kier molecular flexibility index (Phi) is 4.59. The molecule has 0 atom stereocenters. The summed E-state index contributed by atoms with van der Waals surface area (Å²) in [5.74, 6) is -0.140. The van der Waals surface area contributed by atoms with Crippen molar-refractivity contribution >= 4 is 5.91 Å². The first-order valence-electron chi connectivity index (χ1n) is 7.26. The van der Waals surface area contributed by atoms with Crippen LogP contribution in [0.2, 0.25) is 0 Å². The Bertz CT molecular complexity index is 504. The smallest absolute Gasteiger partial charge is 0.352 e. The van der Waals surface area contributed by atoms with Crippen molar-refractivity contribution < 1.29 is 18.0 Å². The summed E-state index contributed by atoms with van der Waals surface area (Å²) in [6.45, 7) is 1.82. The van der Waals surface area contributed by atoms with Crippen LogP contribution in [-0.4, -0.2) is 5.91 Å². The summed E-state index contributed by atoms with van der Waals surface area (Å²) < 4.78 is 38.7. The lowest BCUT2D eigenvalue weighted by Gasteiger charge is -2.32. The number of alkyl halides is 3. The molecule has 0 saturated heterocycles. The molecule has 1 aromatic rings. The van der Waals surface area contributed by atoms with E-state index in [2.05, 4.69) is 5.32 Å². The van der Waals surface area contributed by atoms with Gasteiger partial charge in [0.15, 0.2) is 0 Å². The van der Waals surface area contributed by atoms with E-state index in [1.807, 2.05) is 6.92 Å². The van der Waals surface area contributed by atoms with E-state index in [9.17, 15) is 18.0 Å². The fraction of sp³-hybridized carbons (Fsp3) is 0.562. The highest BCUT2D eigenvalue weighted by Gasteiger charge is 2.35. The Morgan fingerprint density at radius 1 is 1.19 bits per heavy atom. The summed E-state index contributed by atoms with van der Waals surface area (Å²) >= 11 is 0. The number of carbonyl (C=O) groups is 1. The summed E-state index contributed by atoms with van der Waals surface area (Å²) in [7, 11) is 0. The molecule has 0 aliphatic heterocycles. The van der Waals surface area contributed by atoms with Crippen molar-refractivity contribution in [2.24, 2.45) is 5.41 Å². The molecule has 0 bridgehead atoms. The van der Waals surface area contributed by atoms with E-state index in [0.29, 0.717) is 0 Å². The van der Waals surface area contributed by atoms with Crippen molar-refractivity contribution in [2.75, 3.05) is 0 Å². The molecule has 2 nitrogen and oxygen atoms in total. The van der Waals surface area contributed by atoms with Crippen LogP contribution in [0, 0.1) is 5.41 Å². The fourth-order valence-electron chi connectivity index (χ4n) is 2.90. The fourth-order valence-corrected chi connectivity index (χ4v) is 2.90. The number of hydrogen-bond acceptors (Lipinski definition) is 1. The van der Waals surface area contributed by atoms with Gasteiger partial charge >= 0.3 is 6.18 Å². The molecule has 0 radical (unpaired) electrons. The molecule has 1 N–H and O–H groups in total. The van der Waals surface area contributed by atoms with Gasteiger partial charge in [-0.1, -0.05) is 44.4 Å². The van der Waals surface area contributed by atoms with Crippen LogP contribution in [0.5, 0.6) is 0 Å². The van der Waals surface area contributed by atoms with Gasteiger partial charge in [0.05, 0.1) is 5.56 Å². The zero-order valence-corrected chi connectivity index (χ0v) is 12.1. The molecule has 1 aliphatic carbocycles. The molecule has 0 unspecified atom stereocenters. The van der Waals surface area contributed by atoms with E-state index in [-0.39, 0.29) is 18.0 Å². The minimum atomic E-state index is -4.39. The molecule has 0 heterocycles. The Morgan fingerprint density at radius 2 is 1.81 bits per heavy atom. The second kappa shape index (κ2) is 6.08. The van der Waals surface area contributed by atoms with Crippen LogP contribution in [0.4, 0.5) is 13.2 Å². The Balaban J connectivity index is 2.05. The average molecular weight is 299 g/mol. The number of halogens is 3. The molecule has 5 heteroatoms. The highest BCUT2D eigenvalue weighted by atomic mass is 19.4. The third-order valence-electron chi connectivity index (χ3n) is 4.27. The third kappa shape index (κ3) is 3.77. The topological polar surface area (TPSA) is 29.1 Å². The Hall–Kier alpha value is -1.52. The average Bonchev–Trinajstić information content (AvgIpc) is 2.45. The lowest BCUT2D eigenvalue weighted by molar-refractivity contribution is -0.139. The van der Waals surface area contributed by atoms with Gasteiger partial charge in [-0.25, -0.2) is 0 Å². The SMILES string of the molecule is CC1(C(=O)NCc2ccccc2C(F)(F)F)CCCCC1. The first kappa shape index (κ1) is 15.9. The molecule has 1 aromatic carbocycles. The zero-order valence-electron chi connectivity index (χ0n) is 12.1. The van der Waals surface area contributed by atoms with Gasteiger partial charge in [0.1, 0.15) is 0 Å². The quantitative estimate of drug-likeness (QED) is 0.886. The van der Waals surface area contributed by atoms with E-state index in [4.69, 9.17) is 0 Å². The van der Waals surface area contributed by atoms with Gasteiger partial charge in [-0.05, 0) is 24.5 Å². The maximum atomic E-state index is 12.9. The van der Waals surface area contributed by atoms with Crippen molar-refractivity contribution in [3.05, 3.63) is 35.4 Å². The molecule has 21 heavy (non-hydrogen) atoms. The van der Waals surface area contributed by atoms with Crippen molar-refractivity contribution in [1.29, 1.82) is 0 Å². The van der Waals surface area contributed by atoms with Gasteiger partial charge in [-0.3, -0.25) is 4.79 Å². The monoisotopic (exact) mass is 299 g/mol. The molecule has 2 rings (SSSR count). The van der Waals surface area contributed by atoms with Crippen LogP contribution in [0.25, 0.3) is 0 Å². The highest BCUT2D eigenvalue weighted by molar-refractivity contribution is 5.82. The van der Waals surface area contributed by atoms with Crippen LogP contribution in [0.1, 0.15) is 50.2 Å². The molecule has 1 amide bonds. The van der Waals surface area contributed by atoms with Crippen LogP contribution < -0.4 is 5.32 Å². The second-order valence-corrected chi connectivity index (χ2v) is 5.96. The minimum Gasteiger partial charge on any atom is -0.352 e. The van der Waals surface area contributed by atoms with Crippen molar-refractivity contribution in [3.8, 4) is 0 Å². The van der Waals surface area contributed by atoms with Crippen LogP contribution in [-0.2, 0) is 17.5 Å². The lowest BCUT2D eigenvalue weighted by atomic mass is 9.75. The molecule has 1 fully saturated rings. The number of rotatable bonds is 3. The molecular weight excluding hydrogens is 279 g/mol. The zero-order chi connectivity index (χ0) is 15.5. The van der Waals surface area contributed by atoms with Gasteiger partial charge in [0, 0.05) is 12.0 Å². The minimum absolute atomic E-state index is 0.0793. The largest absolute Gasteiger partial charge is 0.416 e. The maximum absolute atomic E-state index is 12.9. The maximum Gasteiger partial charge on any atom is 0.416 e.